The first kappa shape index (κ1) is 13.6. The van der Waals surface area contributed by atoms with Crippen LogP contribution in [0.5, 0.6) is 0 Å². The number of benzene rings is 1. The molecule has 1 amide bonds. The molecule has 1 N–H and O–H groups in total. The van der Waals surface area contributed by atoms with Gasteiger partial charge in [0.25, 0.3) is 5.91 Å². The molecule has 2 rings (SSSR count). The largest absolute Gasteiger partial charge is 0.343 e. The molecule has 100 valence electrons. The zero-order valence-electron chi connectivity index (χ0n) is 11.1. The summed E-state index contributed by atoms with van der Waals surface area (Å²) in [5.41, 5.74) is 0.993. The van der Waals surface area contributed by atoms with E-state index in [4.69, 9.17) is 11.6 Å². The van der Waals surface area contributed by atoms with E-state index in [1.807, 2.05) is 38.1 Å². The highest BCUT2D eigenvalue weighted by atomic mass is 35.5. The molecule has 0 unspecified atom stereocenters. The van der Waals surface area contributed by atoms with Crippen LogP contribution in [0, 0.1) is 0 Å². The highest BCUT2D eigenvalue weighted by Crippen LogP contribution is 2.23. The van der Waals surface area contributed by atoms with Crippen LogP contribution in [0.4, 0.5) is 0 Å². The van der Waals surface area contributed by atoms with Gasteiger partial charge in [-0.1, -0.05) is 23.7 Å². The Morgan fingerprint density at radius 1 is 1.42 bits per heavy atom. The summed E-state index contributed by atoms with van der Waals surface area (Å²) in [4.78, 5) is 12.1. The minimum Gasteiger partial charge on any atom is -0.343 e. The number of halogens is 1. The predicted octanol–water partition coefficient (Wildman–Crippen LogP) is 2.74. The second-order valence-electron chi connectivity index (χ2n) is 4.99. The molecule has 0 bridgehead atoms. The highest BCUT2D eigenvalue weighted by molar-refractivity contribution is 6.30. The number of carbonyl (C=O) groups excluding carboxylic acids is 1. The molecule has 0 saturated heterocycles. The molecule has 0 fully saturated rings. The number of carbonyl (C=O) groups is 1. The van der Waals surface area contributed by atoms with Crippen LogP contribution in [0.1, 0.15) is 29.8 Å². The van der Waals surface area contributed by atoms with Crippen LogP contribution in [0.2, 0.25) is 5.02 Å². The maximum absolute atomic E-state index is 12.1. The zero-order chi connectivity index (χ0) is 14.0. The van der Waals surface area contributed by atoms with Crippen LogP contribution in [-0.2, 0) is 12.6 Å². The Hall–Kier alpha value is -1.81. The number of aromatic nitrogens is 2. The van der Waals surface area contributed by atoms with Crippen LogP contribution in [0.25, 0.3) is 0 Å². The van der Waals surface area contributed by atoms with Crippen molar-refractivity contribution in [1.82, 2.24) is 15.1 Å². The Bertz CT molecular complexity index is 604. The Labute approximate surface area is 117 Å². The summed E-state index contributed by atoms with van der Waals surface area (Å²) in [6.45, 7) is 3.87. The van der Waals surface area contributed by atoms with Gasteiger partial charge in [0.2, 0.25) is 0 Å². The molecule has 0 atom stereocenters. The maximum atomic E-state index is 12.1. The number of nitrogens with one attached hydrogen (secondary N) is 1. The Morgan fingerprint density at radius 3 is 2.74 bits per heavy atom. The average Bonchev–Trinajstić information content (AvgIpc) is 2.75. The molecule has 0 aliphatic rings. The van der Waals surface area contributed by atoms with Gasteiger partial charge in [-0.25, -0.2) is 0 Å². The smallest absolute Gasteiger partial charge is 0.255 e. The van der Waals surface area contributed by atoms with Crippen LogP contribution in [0.15, 0.2) is 36.7 Å². The van der Waals surface area contributed by atoms with Crippen LogP contribution in [-0.4, -0.2) is 15.7 Å². The molecule has 0 aliphatic heterocycles. The third-order valence-corrected chi connectivity index (χ3v) is 3.17. The van der Waals surface area contributed by atoms with Crippen molar-refractivity contribution in [3.63, 3.8) is 0 Å². The van der Waals surface area contributed by atoms with Gasteiger partial charge in [-0.2, -0.15) is 5.10 Å². The lowest BCUT2D eigenvalue weighted by Gasteiger charge is -2.26. The molecule has 0 spiro atoms. The Morgan fingerprint density at radius 2 is 2.16 bits per heavy atom. The summed E-state index contributed by atoms with van der Waals surface area (Å²) < 4.78 is 1.60. The molecule has 0 saturated carbocycles. The first-order chi connectivity index (χ1) is 8.88. The molecule has 2 aromatic rings. The van der Waals surface area contributed by atoms with E-state index in [9.17, 15) is 4.79 Å². The molecule has 1 aromatic heterocycles. The number of aryl methyl sites for hydroxylation is 1. The van der Waals surface area contributed by atoms with Crippen molar-refractivity contribution >= 4 is 17.5 Å². The third-order valence-electron chi connectivity index (χ3n) is 2.94. The molecule has 19 heavy (non-hydrogen) atoms. The maximum Gasteiger partial charge on any atom is 0.255 e. The van der Waals surface area contributed by atoms with E-state index in [2.05, 4.69) is 10.4 Å². The summed E-state index contributed by atoms with van der Waals surface area (Å²) in [6, 6.07) is 7.47. The fourth-order valence-electron chi connectivity index (χ4n) is 1.84. The van der Waals surface area contributed by atoms with Crippen molar-refractivity contribution in [3.05, 3.63) is 52.8 Å². The number of hydrogen-bond donors (Lipinski definition) is 1. The molecule has 1 aromatic carbocycles. The monoisotopic (exact) mass is 277 g/mol. The summed E-state index contributed by atoms with van der Waals surface area (Å²) in [6.07, 6.45) is 3.23. The summed E-state index contributed by atoms with van der Waals surface area (Å²) in [5.74, 6) is -0.155. The lowest BCUT2D eigenvalue weighted by atomic mass is 9.94. The van der Waals surface area contributed by atoms with E-state index in [0.29, 0.717) is 10.6 Å². The lowest BCUT2D eigenvalue weighted by molar-refractivity contribution is 0.0912. The van der Waals surface area contributed by atoms with E-state index < -0.39 is 5.54 Å². The fraction of sp³-hybridized carbons (Fsp3) is 0.286. The number of hydrogen-bond acceptors (Lipinski definition) is 2. The molecular weight excluding hydrogens is 262 g/mol. The van der Waals surface area contributed by atoms with Crippen molar-refractivity contribution in [3.8, 4) is 0 Å². The SMILES string of the molecule is Cn1cc(C(=O)NC(C)(C)c2cccc(Cl)c2)cn1. The molecule has 1 heterocycles. The van der Waals surface area contributed by atoms with Gasteiger partial charge in [0, 0.05) is 18.3 Å². The standard InChI is InChI=1S/C14H16ClN3O/c1-14(2,11-5-4-6-12(15)7-11)17-13(19)10-8-16-18(3)9-10/h4-9H,1-3H3,(H,17,19). The van der Waals surface area contributed by atoms with Crippen molar-refractivity contribution in [2.45, 2.75) is 19.4 Å². The first-order valence-corrected chi connectivity index (χ1v) is 6.33. The van der Waals surface area contributed by atoms with Crippen molar-refractivity contribution in [2.75, 3.05) is 0 Å². The van der Waals surface area contributed by atoms with Crippen LogP contribution < -0.4 is 5.32 Å². The van der Waals surface area contributed by atoms with Gasteiger partial charge in [0.15, 0.2) is 0 Å². The van der Waals surface area contributed by atoms with E-state index >= 15 is 0 Å². The van der Waals surface area contributed by atoms with Crippen molar-refractivity contribution < 1.29 is 4.79 Å². The minimum absolute atomic E-state index is 0.155. The molecule has 4 nitrogen and oxygen atoms in total. The van der Waals surface area contributed by atoms with E-state index in [0.717, 1.165) is 5.56 Å². The predicted molar refractivity (Wildman–Crippen MR) is 75.2 cm³/mol. The highest BCUT2D eigenvalue weighted by Gasteiger charge is 2.24. The van der Waals surface area contributed by atoms with Gasteiger partial charge >= 0.3 is 0 Å². The van der Waals surface area contributed by atoms with E-state index in [-0.39, 0.29) is 5.91 Å². The summed E-state index contributed by atoms with van der Waals surface area (Å²) >= 11 is 5.98. The third kappa shape index (κ3) is 3.15. The van der Waals surface area contributed by atoms with Gasteiger partial charge < -0.3 is 5.32 Å². The quantitative estimate of drug-likeness (QED) is 0.938. The van der Waals surface area contributed by atoms with Gasteiger partial charge in [0.1, 0.15) is 0 Å². The zero-order valence-corrected chi connectivity index (χ0v) is 11.9. The number of amides is 1. The molecule has 0 radical (unpaired) electrons. The Kier molecular flexibility index (Phi) is 3.62. The topological polar surface area (TPSA) is 46.9 Å². The average molecular weight is 278 g/mol. The van der Waals surface area contributed by atoms with Gasteiger partial charge in [-0.3, -0.25) is 9.48 Å². The number of rotatable bonds is 3. The van der Waals surface area contributed by atoms with E-state index in [1.165, 1.54) is 0 Å². The van der Waals surface area contributed by atoms with Crippen LogP contribution in [0.3, 0.4) is 0 Å². The normalized spacial score (nSPS) is 11.4. The fourth-order valence-corrected chi connectivity index (χ4v) is 2.03. The summed E-state index contributed by atoms with van der Waals surface area (Å²) in [5, 5.41) is 7.62. The minimum atomic E-state index is -0.502. The summed E-state index contributed by atoms with van der Waals surface area (Å²) in [7, 11) is 1.78. The van der Waals surface area contributed by atoms with E-state index in [1.54, 1.807) is 24.1 Å². The molecular formula is C14H16ClN3O. The van der Waals surface area contributed by atoms with Crippen molar-refractivity contribution in [2.24, 2.45) is 7.05 Å². The second kappa shape index (κ2) is 5.05. The Balaban J connectivity index is 2.19. The second-order valence-corrected chi connectivity index (χ2v) is 5.43. The van der Waals surface area contributed by atoms with Crippen LogP contribution >= 0.6 is 11.6 Å². The first-order valence-electron chi connectivity index (χ1n) is 5.96. The van der Waals surface area contributed by atoms with Gasteiger partial charge in [-0.05, 0) is 31.5 Å². The van der Waals surface area contributed by atoms with Gasteiger partial charge in [-0.15, -0.1) is 0 Å². The molecule has 5 heteroatoms. The lowest BCUT2D eigenvalue weighted by Crippen LogP contribution is -2.40. The number of nitrogens with zero attached hydrogens (tertiary/aromatic N) is 2. The van der Waals surface area contributed by atoms with Gasteiger partial charge in [0.05, 0.1) is 17.3 Å². The molecule has 0 aliphatic carbocycles. The van der Waals surface area contributed by atoms with Crippen molar-refractivity contribution in [1.29, 1.82) is 0 Å².